The Morgan fingerprint density at radius 2 is 2.43 bits per heavy atom. The Kier molecular flexibility index (Phi) is 2.59. The van der Waals surface area contributed by atoms with Crippen molar-refractivity contribution in [1.82, 2.24) is 0 Å². The van der Waals surface area contributed by atoms with E-state index in [4.69, 9.17) is 10.5 Å². The lowest BCUT2D eigenvalue weighted by Gasteiger charge is -2.26. The number of rotatable bonds is 2. The van der Waals surface area contributed by atoms with E-state index in [0.29, 0.717) is 12.5 Å². The van der Waals surface area contributed by atoms with Crippen LogP contribution in [0.4, 0.5) is 5.69 Å². The average Bonchev–Trinajstić information content (AvgIpc) is 2.27. The van der Waals surface area contributed by atoms with E-state index >= 15 is 0 Å². The van der Waals surface area contributed by atoms with E-state index in [0.717, 1.165) is 18.7 Å². The van der Waals surface area contributed by atoms with Gasteiger partial charge in [0.1, 0.15) is 5.75 Å². The molecule has 1 aliphatic rings. The highest BCUT2D eigenvalue weighted by molar-refractivity contribution is 5.57. The Morgan fingerprint density at radius 1 is 1.57 bits per heavy atom. The maximum Gasteiger partial charge on any atom is 0.119 e. The van der Waals surface area contributed by atoms with Gasteiger partial charge in [-0.25, -0.2) is 0 Å². The van der Waals surface area contributed by atoms with Gasteiger partial charge in [0.2, 0.25) is 0 Å². The van der Waals surface area contributed by atoms with Crippen molar-refractivity contribution < 1.29 is 4.74 Å². The molecule has 2 rings (SSSR count). The van der Waals surface area contributed by atoms with E-state index < -0.39 is 0 Å². The van der Waals surface area contributed by atoms with E-state index in [9.17, 15) is 0 Å². The standard InChI is InChI=1S/C11H16N2O/c1-14-9-2-3-11-10(6-9)8(7-12)4-5-13-11/h2-3,6,8,13H,4-5,7,12H2,1H3. The number of hydrogen-bond acceptors (Lipinski definition) is 3. The summed E-state index contributed by atoms with van der Waals surface area (Å²) in [7, 11) is 1.69. The van der Waals surface area contributed by atoms with Crippen molar-refractivity contribution in [3.63, 3.8) is 0 Å². The zero-order valence-corrected chi connectivity index (χ0v) is 8.42. The third-order valence-electron chi connectivity index (χ3n) is 2.79. The third-order valence-corrected chi connectivity index (χ3v) is 2.79. The lowest BCUT2D eigenvalue weighted by Crippen LogP contribution is -2.22. The molecule has 3 heteroatoms. The van der Waals surface area contributed by atoms with Gasteiger partial charge in [-0.2, -0.15) is 0 Å². The molecule has 0 saturated heterocycles. The van der Waals surface area contributed by atoms with Gasteiger partial charge in [0.05, 0.1) is 7.11 Å². The molecular weight excluding hydrogens is 176 g/mol. The summed E-state index contributed by atoms with van der Waals surface area (Å²) in [5, 5.41) is 3.37. The normalized spacial score (nSPS) is 19.7. The highest BCUT2D eigenvalue weighted by Crippen LogP contribution is 2.33. The summed E-state index contributed by atoms with van der Waals surface area (Å²) < 4.78 is 5.20. The molecule has 1 aliphatic heterocycles. The number of benzene rings is 1. The van der Waals surface area contributed by atoms with Gasteiger partial charge in [0.15, 0.2) is 0 Å². The van der Waals surface area contributed by atoms with E-state index in [1.807, 2.05) is 6.07 Å². The summed E-state index contributed by atoms with van der Waals surface area (Å²) in [6, 6.07) is 6.12. The van der Waals surface area contributed by atoms with Crippen LogP contribution < -0.4 is 15.8 Å². The smallest absolute Gasteiger partial charge is 0.119 e. The summed E-state index contributed by atoms with van der Waals surface area (Å²) in [6.07, 6.45) is 1.11. The Labute approximate surface area is 84.3 Å². The zero-order chi connectivity index (χ0) is 9.97. The van der Waals surface area contributed by atoms with Gasteiger partial charge >= 0.3 is 0 Å². The largest absolute Gasteiger partial charge is 0.497 e. The summed E-state index contributed by atoms with van der Waals surface area (Å²) in [6.45, 7) is 1.73. The first-order valence-corrected chi connectivity index (χ1v) is 4.97. The molecule has 0 amide bonds. The molecule has 0 radical (unpaired) electrons. The second-order valence-electron chi connectivity index (χ2n) is 3.60. The van der Waals surface area contributed by atoms with E-state index in [-0.39, 0.29) is 0 Å². The van der Waals surface area contributed by atoms with E-state index in [1.54, 1.807) is 7.11 Å². The summed E-state index contributed by atoms with van der Waals surface area (Å²) in [4.78, 5) is 0. The van der Waals surface area contributed by atoms with Crippen LogP contribution in [0.1, 0.15) is 17.9 Å². The number of hydrogen-bond donors (Lipinski definition) is 2. The minimum atomic E-state index is 0.473. The van der Waals surface area contributed by atoms with Gasteiger partial charge in [0.25, 0.3) is 0 Å². The quantitative estimate of drug-likeness (QED) is 0.747. The fraction of sp³-hybridized carbons (Fsp3) is 0.455. The molecular formula is C11H16N2O. The van der Waals surface area contributed by atoms with Crippen LogP contribution >= 0.6 is 0 Å². The van der Waals surface area contributed by atoms with Gasteiger partial charge < -0.3 is 15.8 Å². The predicted octanol–water partition coefficient (Wildman–Crippen LogP) is 1.55. The molecule has 3 N–H and O–H groups in total. The van der Waals surface area contributed by atoms with Crippen LogP contribution in [0.3, 0.4) is 0 Å². The minimum absolute atomic E-state index is 0.473. The van der Waals surface area contributed by atoms with Crippen molar-refractivity contribution in [3.05, 3.63) is 23.8 Å². The number of nitrogens with two attached hydrogens (primary N) is 1. The van der Waals surface area contributed by atoms with Crippen LogP contribution in [0.15, 0.2) is 18.2 Å². The molecule has 0 saturated carbocycles. The van der Waals surface area contributed by atoms with Crippen molar-refractivity contribution in [2.24, 2.45) is 5.73 Å². The number of fused-ring (bicyclic) bond motifs is 1. The third kappa shape index (κ3) is 1.55. The maximum atomic E-state index is 5.74. The predicted molar refractivity (Wildman–Crippen MR) is 57.9 cm³/mol. The van der Waals surface area contributed by atoms with Crippen molar-refractivity contribution in [1.29, 1.82) is 0 Å². The van der Waals surface area contributed by atoms with Crippen LogP contribution in [0.2, 0.25) is 0 Å². The first-order valence-electron chi connectivity index (χ1n) is 4.97. The van der Waals surface area contributed by atoms with E-state index in [1.165, 1.54) is 11.3 Å². The highest BCUT2D eigenvalue weighted by Gasteiger charge is 2.18. The molecule has 76 valence electrons. The Balaban J connectivity index is 2.38. The van der Waals surface area contributed by atoms with Gasteiger partial charge in [0, 0.05) is 12.2 Å². The van der Waals surface area contributed by atoms with Crippen molar-refractivity contribution in [3.8, 4) is 5.75 Å². The molecule has 1 heterocycles. The molecule has 1 unspecified atom stereocenters. The van der Waals surface area contributed by atoms with Crippen molar-refractivity contribution in [2.45, 2.75) is 12.3 Å². The summed E-state index contributed by atoms with van der Waals surface area (Å²) in [5.41, 5.74) is 8.23. The molecule has 0 fully saturated rings. The maximum absolute atomic E-state index is 5.74. The lowest BCUT2D eigenvalue weighted by atomic mass is 9.91. The number of methoxy groups -OCH3 is 1. The number of nitrogens with one attached hydrogen (secondary N) is 1. The molecule has 1 aromatic carbocycles. The minimum Gasteiger partial charge on any atom is -0.497 e. The Morgan fingerprint density at radius 3 is 3.14 bits per heavy atom. The second kappa shape index (κ2) is 3.88. The van der Waals surface area contributed by atoms with Crippen LogP contribution in [0.25, 0.3) is 0 Å². The molecule has 1 aromatic rings. The molecule has 0 aromatic heterocycles. The van der Waals surface area contributed by atoms with Crippen LogP contribution in [-0.2, 0) is 0 Å². The molecule has 14 heavy (non-hydrogen) atoms. The zero-order valence-electron chi connectivity index (χ0n) is 8.42. The van der Waals surface area contributed by atoms with E-state index in [2.05, 4.69) is 17.4 Å². The monoisotopic (exact) mass is 192 g/mol. The Hall–Kier alpha value is -1.22. The van der Waals surface area contributed by atoms with Gasteiger partial charge in [-0.05, 0) is 42.6 Å². The molecule has 0 aliphatic carbocycles. The fourth-order valence-electron chi connectivity index (χ4n) is 1.95. The fourth-order valence-corrected chi connectivity index (χ4v) is 1.95. The Bertz CT molecular complexity index is 325. The lowest BCUT2D eigenvalue weighted by molar-refractivity contribution is 0.413. The van der Waals surface area contributed by atoms with Crippen molar-refractivity contribution in [2.75, 3.05) is 25.5 Å². The first-order chi connectivity index (χ1) is 6.85. The van der Waals surface area contributed by atoms with Gasteiger partial charge in [-0.15, -0.1) is 0 Å². The van der Waals surface area contributed by atoms with Crippen LogP contribution in [0, 0.1) is 0 Å². The number of anilines is 1. The number of ether oxygens (including phenoxy) is 1. The topological polar surface area (TPSA) is 47.3 Å². The van der Waals surface area contributed by atoms with Crippen molar-refractivity contribution >= 4 is 5.69 Å². The highest BCUT2D eigenvalue weighted by atomic mass is 16.5. The van der Waals surface area contributed by atoms with Crippen LogP contribution in [0.5, 0.6) is 5.75 Å². The molecule has 3 nitrogen and oxygen atoms in total. The summed E-state index contributed by atoms with van der Waals surface area (Å²) >= 11 is 0. The van der Waals surface area contributed by atoms with Crippen LogP contribution in [-0.4, -0.2) is 20.2 Å². The summed E-state index contributed by atoms with van der Waals surface area (Å²) in [5.74, 6) is 1.38. The molecule has 0 bridgehead atoms. The first kappa shape index (κ1) is 9.34. The SMILES string of the molecule is COc1ccc2c(c1)C(CN)CCN2. The van der Waals surface area contributed by atoms with Gasteiger partial charge in [-0.3, -0.25) is 0 Å². The molecule has 1 atom stereocenters. The van der Waals surface area contributed by atoms with Gasteiger partial charge in [-0.1, -0.05) is 0 Å². The second-order valence-corrected chi connectivity index (χ2v) is 3.60. The average molecular weight is 192 g/mol. The molecule has 0 spiro atoms.